The Bertz CT molecular complexity index is 393. The summed E-state index contributed by atoms with van der Waals surface area (Å²) in [5.41, 5.74) is 6.26. The van der Waals surface area contributed by atoms with E-state index >= 15 is 0 Å². The Kier molecular flexibility index (Phi) is 3.26. The fraction of sp³-hybridized carbons (Fsp3) is 0.364. The number of carbonyl (C=O) groups excluding carboxylic acids is 1. The molecule has 0 fully saturated rings. The van der Waals surface area contributed by atoms with Crippen molar-refractivity contribution in [1.82, 2.24) is 5.32 Å². The van der Waals surface area contributed by atoms with Gasteiger partial charge in [-0.25, -0.2) is 0 Å². The maximum Gasteiger partial charge on any atom is 0.231 e. The molecule has 0 atom stereocenters. The lowest BCUT2D eigenvalue weighted by molar-refractivity contribution is -0.121. The lowest BCUT2D eigenvalue weighted by atomic mass is 10.2. The first-order valence-electron chi connectivity index (χ1n) is 5.15. The molecular formula is C11H14N2O3. The van der Waals surface area contributed by atoms with Gasteiger partial charge in [0.05, 0.1) is 0 Å². The minimum Gasteiger partial charge on any atom is -0.454 e. The van der Waals surface area contributed by atoms with Crippen LogP contribution in [0.5, 0.6) is 11.5 Å². The van der Waals surface area contributed by atoms with Crippen molar-refractivity contribution in [3.8, 4) is 11.5 Å². The zero-order valence-electron chi connectivity index (χ0n) is 8.86. The van der Waals surface area contributed by atoms with Crippen LogP contribution in [-0.4, -0.2) is 19.2 Å². The summed E-state index contributed by atoms with van der Waals surface area (Å²) in [5.74, 6) is 1.43. The van der Waals surface area contributed by atoms with Crippen LogP contribution in [0.4, 0.5) is 0 Å². The van der Waals surface area contributed by atoms with Crippen molar-refractivity contribution < 1.29 is 14.3 Å². The molecule has 0 bridgehead atoms. The Balaban J connectivity index is 1.93. The molecule has 1 aliphatic heterocycles. The van der Waals surface area contributed by atoms with E-state index in [4.69, 9.17) is 15.2 Å². The van der Waals surface area contributed by atoms with Crippen molar-refractivity contribution in [3.05, 3.63) is 23.8 Å². The molecule has 0 unspecified atom stereocenters. The van der Waals surface area contributed by atoms with Gasteiger partial charge >= 0.3 is 0 Å². The van der Waals surface area contributed by atoms with E-state index in [-0.39, 0.29) is 12.7 Å². The van der Waals surface area contributed by atoms with Crippen LogP contribution in [0, 0.1) is 0 Å². The Morgan fingerprint density at radius 2 is 2.19 bits per heavy atom. The summed E-state index contributed by atoms with van der Waals surface area (Å²) in [6.45, 7) is 1.11. The van der Waals surface area contributed by atoms with Crippen LogP contribution < -0.4 is 20.5 Å². The number of nitrogens with one attached hydrogen (secondary N) is 1. The Morgan fingerprint density at radius 3 is 3.00 bits per heavy atom. The van der Waals surface area contributed by atoms with Crippen molar-refractivity contribution in [3.63, 3.8) is 0 Å². The lowest BCUT2D eigenvalue weighted by Gasteiger charge is -2.05. The molecule has 2 rings (SSSR count). The molecule has 1 amide bonds. The van der Waals surface area contributed by atoms with Crippen LogP contribution in [0.3, 0.4) is 0 Å². The second-order valence-electron chi connectivity index (χ2n) is 3.50. The van der Waals surface area contributed by atoms with Crippen LogP contribution in [0.1, 0.15) is 12.0 Å². The van der Waals surface area contributed by atoms with Gasteiger partial charge in [-0.2, -0.15) is 0 Å². The number of carbonyl (C=O) groups is 1. The quantitative estimate of drug-likeness (QED) is 0.772. The third-order valence-corrected chi connectivity index (χ3v) is 2.30. The predicted molar refractivity (Wildman–Crippen MR) is 58.1 cm³/mol. The summed E-state index contributed by atoms with van der Waals surface area (Å²) in [7, 11) is 0. The maximum absolute atomic E-state index is 11.2. The van der Waals surface area contributed by atoms with Crippen LogP contribution in [0.25, 0.3) is 0 Å². The standard InChI is InChI=1S/C11H14N2O3/c12-4-3-11(14)13-6-8-1-2-9-10(5-8)16-7-15-9/h1-2,5H,3-4,6-7,12H2,(H,13,14). The number of benzene rings is 1. The van der Waals surface area contributed by atoms with Crippen molar-refractivity contribution in [2.45, 2.75) is 13.0 Å². The summed E-state index contributed by atoms with van der Waals surface area (Å²) < 4.78 is 10.4. The van der Waals surface area contributed by atoms with Gasteiger partial charge in [0.15, 0.2) is 11.5 Å². The largest absolute Gasteiger partial charge is 0.454 e. The minimum absolute atomic E-state index is 0.0415. The van der Waals surface area contributed by atoms with Gasteiger partial charge in [0.2, 0.25) is 12.7 Å². The third-order valence-electron chi connectivity index (χ3n) is 2.30. The number of nitrogens with two attached hydrogens (primary N) is 1. The van der Waals surface area contributed by atoms with Crippen molar-refractivity contribution in [2.24, 2.45) is 5.73 Å². The van der Waals surface area contributed by atoms with E-state index in [2.05, 4.69) is 5.32 Å². The highest BCUT2D eigenvalue weighted by Crippen LogP contribution is 2.32. The van der Waals surface area contributed by atoms with E-state index in [1.807, 2.05) is 18.2 Å². The van der Waals surface area contributed by atoms with E-state index in [1.165, 1.54) is 0 Å². The van der Waals surface area contributed by atoms with E-state index in [9.17, 15) is 4.79 Å². The van der Waals surface area contributed by atoms with Crippen molar-refractivity contribution >= 4 is 5.91 Å². The zero-order chi connectivity index (χ0) is 11.4. The lowest BCUT2D eigenvalue weighted by Crippen LogP contribution is -2.24. The minimum atomic E-state index is -0.0415. The average Bonchev–Trinajstić information content (AvgIpc) is 2.74. The van der Waals surface area contributed by atoms with Crippen LogP contribution >= 0.6 is 0 Å². The fourth-order valence-corrected chi connectivity index (χ4v) is 1.47. The highest BCUT2D eigenvalue weighted by Gasteiger charge is 2.13. The first-order valence-corrected chi connectivity index (χ1v) is 5.15. The summed E-state index contributed by atoms with van der Waals surface area (Å²) in [6.07, 6.45) is 0.352. The van der Waals surface area contributed by atoms with Gasteiger partial charge in [0, 0.05) is 19.5 Å². The van der Waals surface area contributed by atoms with Crippen molar-refractivity contribution in [1.29, 1.82) is 0 Å². The van der Waals surface area contributed by atoms with Crippen LogP contribution in [-0.2, 0) is 11.3 Å². The highest BCUT2D eigenvalue weighted by molar-refractivity contribution is 5.76. The monoisotopic (exact) mass is 222 g/mol. The third kappa shape index (κ3) is 2.43. The molecule has 5 heteroatoms. The maximum atomic E-state index is 11.2. The normalized spacial score (nSPS) is 12.6. The first kappa shape index (κ1) is 10.8. The summed E-state index contributed by atoms with van der Waals surface area (Å²) in [5, 5.41) is 2.78. The van der Waals surface area contributed by atoms with Gasteiger partial charge in [-0.1, -0.05) is 6.07 Å². The van der Waals surface area contributed by atoms with Gasteiger partial charge < -0.3 is 20.5 Å². The molecule has 0 spiro atoms. The molecule has 16 heavy (non-hydrogen) atoms. The average molecular weight is 222 g/mol. The van der Waals surface area contributed by atoms with Gasteiger partial charge in [-0.05, 0) is 17.7 Å². The number of ether oxygens (including phenoxy) is 2. The number of rotatable bonds is 4. The number of hydrogen-bond donors (Lipinski definition) is 2. The molecule has 3 N–H and O–H groups in total. The molecule has 1 aliphatic rings. The van der Waals surface area contributed by atoms with Crippen molar-refractivity contribution in [2.75, 3.05) is 13.3 Å². The van der Waals surface area contributed by atoms with Gasteiger partial charge in [0.25, 0.3) is 0 Å². The highest BCUT2D eigenvalue weighted by atomic mass is 16.7. The molecule has 0 aliphatic carbocycles. The van der Waals surface area contributed by atoms with E-state index in [1.54, 1.807) is 0 Å². The molecule has 1 aromatic carbocycles. The zero-order valence-corrected chi connectivity index (χ0v) is 8.86. The smallest absolute Gasteiger partial charge is 0.231 e. The molecular weight excluding hydrogens is 208 g/mol. The van der Waals surface area contributed by atoms with Gasteiger partial charge in [-0.15, -0.1) is 0 Å². The molecule has 1 heterocycles. The number of hydrogen-bond acceptors (Lipinski definition) is 4. The molecule has 0 aromatic heterocycles. The number of fused-ring (bicyclic) bond motifs is 1. The topological polar surface area (TPSA) is 73.6 Å². The van der Waals surface area contributed by atoms with Crippen LogP contribution in [0.15, 0.2) is 18.2 Å². The van der Waals surface area contributed by atoms with E-state index < -0.39 is 0 Å². The number of amides is 1. The summed E-state index contributed by atoms with van der Waals surface area (Å²) in [4.78, 5) is 11.2. The Hall–Kier alpha value is -1.75. The molecule has 86 valence electrons. The summed E-state index contributed by atoms with van der Waals surface area (Å²) >= 11 is 0. The molecule has 1 aromatic rings. The first-order chi connectivity index (χ1) is 7.79. The summed E-state index contributed by atoms with van der Waals surface area (Å²) in [6, 6.07) is 5.61. The second kappa shape index (κ2) is 4.85. The van der Waals surface area contributed by atoms with E-state index in [0.29, 0.717) is 19.5 Å². The molecule has 0 radical (unpaired) electrons. The Morgan fingerprint density at radius 1 is 1.38 bits per heavy atom. The molecule has 0 saturated heterocycles. The Labute approximate surface area is 93.5 Å². The SMILES string of the molecule is NCCC(=O)NCc1ccc2c(c1)OCO2. The molecule has 5 nitrogen and oxygen atoms in total. The molecule has 0 saturated carbocycles. The van der Waals surface area contributed by atoms with Gasteiger partial charge in [-0.3, -0.25) is 4.79 Å². The van der Waals surface area contributed by atoms with E-state index in [0.717, 1.165) is 17.1 Å². The fourth-order valence-electron chi connectivity index (χ4n) is 1.47. The van der Waals surface area contributed by atoms with Gasteiger partial charge in [0.1, 0.15) is 0 Å². The van der Waals surface area contributed by atoms with Crippen LogP contribution in [0.2, 0.25) is 0 Å². The predicted octanol–water partition coefficient (Wildman–Crippen LogP) is 0.380. The second-order valence-corrected chi connectivity index (χ2v) is 3.50.